The number of esters is 1. The maximum atomic E-state index is 12.1. The van der Waals surface area contributed by atoms with Crippen molar-refractivity contribution >= 4 is 87.5 Å². The average Bonchev–Trinajstić information content (AvgIpc) is 3.62. The van der Waals surface area contributed by atoms with Crippen molar-refractivity contribution in [2.75, 3.05) is 24.3 Å². The van der Waals surface area contributed by atoms with Crippen LogP contribution in [0.25, 0.3) is 5.69 Å². The Labute approximate surface area is 237 Å². The molecule has 0 aliphatic heterocycles. The predicted octanol–water partition coefficient (Wildman–Crippen LogP) is 4.89. The number of nitrogens with zero attached hydrogens (tertiary/aromatic N) is 7. The Morgan fingerprint density at radius 2 is 2.00 bits per heavy atom. The van der Waals surface area contributed by atoms with E-state index in [1.165, 1.54) is 34.5 Å². The molecule has 0 spiro atoms. The molecule has 1 aromatic carbocycles. The number of hydrogen-bond donors (Lipinski definition) is 2. The molecule has 198 valence electrons. The third kappa shape index (κ3) is 7.01. The van der Waals surface area contributed by atoms with E-state index in [0.29, 0.717) is 38.2 Å². The number of nitrogens with one attached hydrogen (secondary N) is 1. The van der Waals surface area contributed by atoms with Crippen LogP contribution in [0.3, 0.4) is 0 Å². The highest BCUT2D eigenvalue weighted by molar-refractivity contribution is 8.04. The summed E-state index contributed by atoms with van der Waals surface area (Å²) in [5, 5.41) is 28.3. The summed E-state index contributed by atoms with van der Waals surface area (Å²) in [5.74, 6) is 1.30. The molecule has 3 aromatic heterocycles. The van der Waals surface area contributed by atoms with Gasteiger partial charge in [-0.15, -0.1) is 20.4 Å². The summed E-state index contributed by atoms with van der Waals surface area (Å²) in [6.45, 7) is 2.02. The molecule has 13 nitrogen and oxygen atoms in total. The number of H-pyrrole nitrogens is 1. The highest BCUT2D eigenvalue weighted by Crippen LogP contribution is 2.33. The molecule has 0 amide bonds. The monoisotopic (exact) mass is 609 g/mol. The standard InChI is InChI=1S/C20H19N9O4S5/c1-10-14(22-23-17-24-26-19(37-17)35-3-4-36-20-27-25-18(34)38-20)15(21)29(28-10)13-6-11(8-33-9-30)5-12(7-13)16(31)32-2/h5-7,9H,3-4,8,21H2,1-2H3,(H,25,34). The fourth-order valence-electron chi connectivity index (χ4n) is 3.03. The number of hydrogen-bond acceptors (Lipinski definition) is 16. The molecule has 0 aliphatic rings. The zero-order valence-corrected chi connectivity index (χ0v) is 23.9. The van der Waals surface area contributed by atoms with Crippen LogP contribution in [-0.2, 0) is 20.9 Å². The van der Waals surface area contributed by atoms with Crippen LogP contribution < -0.4 is 5.73 Å². The van der Waals surface area contributed by atoms with Crippen LogP contribution in [0.15, 0.2) is 37.1 Å². The number of carbonyl (C=O) groups excluding carboxylic acids is 2. The lowest BCUT2D eigenvalue weighted by Crippen LogP contribution is -2.08. The summed E-state index contributed by atoms with van der Waals surface area (Å²) in [5.41, 5.74) is 8.46. The quantitative estimate of drug-likeness (QED) is 0.0556. The molecule has 0 atom stereocenters. The van der Waals surface area contributed by atoms with Gasteiger partial charge in [-0.3, -0.25) is 9.89 Å². The first-order chi connectivity index (χ1) is 18.4. The van der Waals surface area contributed by atoms with Crippen molar-refractivity contribution in [3.63, 3.8) is 0 Å². The van der Waals surface area contributed by atoms with E-state index in [9.17, 15) is 9.59 Å². The molecular weight excluding hydrogens is 591 g/mol. The van der Waals surface area contributed by atoms with E-state index in [4.69, 9.17) is 27.4 Å². The van der Waals surface area contributed by atoms with E-state index in [1.807, 2.05) is 0 Å². The molecule has 0 aliphatic carbocycles. The molecule has 3 heterocycles. The van der Waals surface area contributed by atoms with Gasteiger partial charge in [-0.1, -0.05) is 46.2 Å². The maximum Gasteiger partial charge on any atom is 0.337 e. The molecule has 38 heavy (non-hydrogen) atoms. The van der Waals surface area contributed by atoms with Gasteiger partial charge in [-0.2, -0.15) is 10.2 Å². The van der Waals surface area contributed by atoms with Crippen molar-refractivity contribution in [1.29, 1.82) is 0 Å². The lowest BCUT2D eigenvalue weighted by atomic mass is 10.1. The topological polar surface area (TPSA) is 176 Å². The third-order valence-electron chi connectivity index (χ3n) is 4.61. The van der Waals surface area contributed by atoms with Gasteiger partial charge in [0.15, 0.2) is 24.1 Å². The van der Waals surface area contributed by atoms with E-state index in [0.717, 1.165) is 20.2 Å². The highest BCUT2D eigenvalue weighted by atomic mass is 32.2. The van der Waals surface area contributed by atoms with Gasteiger partial charge in [0.2, 0.25) is 0 Å². The molecule has 0 unspecified atom stereocenters. The van der Waals surface area contributed by atoms with Crippen molar-refractivity contribution in [2.45, 2.75) is 22.2 Å². The highest BCUT2D eigenvalue weighted by Gasteiger charge is 2.17. The van der Waals surface area contributed by atoms with E-state index in [-0.39, 0.29) is 18.0 Å². The molecule has 0 radical (unpaired) electrons. The van der Waals surface area contributed by atoms with Crippen LogP contribution in [0.2, 0.25) is 0 Å². The van der Waals surface area contributed by atoms with E-state index >= 15 is 0 Å². The van der Waals surface area contributed by atoms with Gasteiger partial charge in [0, 0.05) is 11.5 Å². The SMILES string of the molecule is COC(=O)c1cc(COC=O)cc(-n2nc(C)c(N=Nc3nnc(SCCSc4n[nH]c(=S)s4)s3)c2N)c1. The van der Waals surface area contributed by atoms with Crippen LogP contribution >= 0.6 is 58.4 Å². The smallest absolute Gasteiger partial charge is 0.337 e. The molecule has 0 fully saturated rings. The van der Waals surface area contributed by atoms with Crippen molar-refractivity contribution in [3.05, 3.63) is 39.0 Å². The average molecular weight is 610 g/mol. The number of aromatic nitrogens is 6. The van der Waals surface area contributed by atoms with Gasteiger partial charge in [-0.05, 0) is 42.9 Å². The van der Waals surface area contributed by atoms with Crippen molar-refractivity contribution in [2.24, 2.45) is 10.2 Å². The Balaban J connectivity index is 1.46. The van der Waals surface area contributed by atoms with Gasteiger partial charge in [0.25, 0.3) is 11.6 Å². The number of thioether (sulfide) groups is 2. The van der Waals surface area contributed by atoms with Crippen LogP contribution in [0, 0.1) is 10.9 Å². The van der Waals surface area contributed by atoms with Crippen LogP contribution in [0.1, 0.15) is 21.6 Å². The lowest BCUT2D eigenvalue weighted by Gasteiger charge is -2.09. The predicted molar refractivity (Wildman–Crippen MR) is 148 cm³/mol. The Morgan fingerprint density at radius 3 is 2.71 bits per heavy atom. The Bertz CT molecular complexity index is 1530. The number of nitrogens with two attached hydrogens (primary N) is 1. The van der Waals surface area contributed by atoms with Crippen molar-refractivity contribution in [1.82, 2.24) is 30.2 Å². The van der Waals surface area contributed by atoms with E-state index < -0.39 is 5.97 Å². The van der Waals surface area contributed by atoms with Gasteiger partial charge >= 0.3 is 5.97 Å². The second kappa shape index (κ2) is 13.1. The normalized spacial score (nSPS) is 11.2. The van der Waals surface area contributed by atoms with Gasteiger partial charge < -0.3 is 15.2 Å². The number of methoxy groups -OCH3 is 1. The number of benzene rings is 1. The number of anilines is 1. The molecule has 0 saturated heterocycles. The number of aryl methyl sites for hydroxylation is 1. The largest absolute Gasteiger partial charge is 0.465 e. The molecule has 3 N–H and O–H groups in total. The number of nitrogen functional groups attached to an aromatic ring is 1. The Hall–Kier alpha value is -3.19. The molecule has 4 aromatic rings. The number of azo groups is 1. The van der Waals surface area contributed by atoms with Crippen molar-refractivity contribution < 1.29 is 19.1 Å². The molecule has 0 bridgehead atoms. The first-order valence-electron chi connectivity index (χ1n) is 10.6. The zero-order chi connectivity index (χ0) is 27.1. The van der Waals surface area contributed by atoms with Gasteiger partial charge in [0.05, 0.1) is 24.1 Å². The minimum Gasteiger partial charge on any atom is -0.465 e. The fourth-order valence-corrected chi connectivity index (χ4v) is 6.89. The summed E-state index contributed by atoms with van der Waals surface area (Å²) >= 11 is 11.0. The summed E-state index contributed by atoms with van der Waals surface area (Å²) in [7, 11) is 1.27. The number of ether oxygens (including phenoxy) is 2. The fraction of sp³-hybridized carbons (Fsp3) is 0.250. The number of rotatable bonds is 12. The number of carbonyl (C=O) groups is 2. The molecular formula is C20H19N9O4S5. The summed E-state index contributed by atoms with van der Waals surface area (Å²) in [6.07, 6.45) is 0. The Morgan fingerprint density at radius 1 is 1.21 bits per heavy atom. The van der Waals surface area contributed by atoms with Gasteiger partial charge in [0.1, 0.15) is 6.61 Å². The summed E-state index contributed by atoms with van der Waals surface area (Å²) in [6, 6.07) is 4.81. The second-order valence-electron chi connectivity index (χ2n) is 7.14. The van der Waals surface area contributed by atoms with E-state index in [1.54, 1.807) is 48.6 Å². The summed E-state index contributed by atoms with van der Waals surface area (Å²) < 4.78 is 13.4. The maximum absolute atomic E-state index is 12.1. The molecule has 0 saturated carbocycles. The third-order valence-corrected chi connectivity index (χ3v) is 9.04. The number of aromatic amines is 1. The van der Waals surface area contributed by atoms with Crippen LogP contribution in [0.4, 0.5) is 16.6 Å². The zero-order valence-electron chi connectivity index (χ0n) is 19.8. The van der Waals surface area contributed by atoms with Crippen LogP contribution in [-0.4, -0.2) is 61.2 Å². The molecule has 4 rings (SSSR count). The Kier molecular flexibility index (Phi) is 9.56. The summed E-state index contributed by atoms with van der Waals surface area (Å²) in [4.78, 5) is 22.8. The van der Waals surface area contributed by atoms with Crippen LogP contribution in [0.5, 0.6) is 0 Å². The van der Waals surface area contributed by atoms with Crippen molar-refractivity contribution in [3.8, 4) is 5.69 Å². The first kappa shape index (κ1) is 27.8. The first-order valence-corrected chi connectivity index (χ1v) is 14.6. The van der Waals surface area contributed by atoms with E-state index in [2.05, 4.69) is 35.7 Å². The second-order valence-corrected chi connectivity index (χ2v) is 12.5. The molecule has 18 heteroatoms. The lowest BCUT2D eigenvalue weighted by molar-refractivity contribution is -0.129. The van der Waals surface area contributed by atoms with Gasteiger partial charge in [-0.25, -0.2) is 9.48 Å². The minimum atomic E-state index is -0.558. The minimum absolute atomic E-state index is 0.0386.